The molecule has 1 atom stereocenters. The largest absolute Gasteiger partial charge is 0.454 e. The van der Waals surface area contributed by atoms with E-state index < -0.39 is 18.5 Å². The zero-order valence-electron chi connectivity index (χ0n) is 19.0. The third-order valence-electron chi connectivity index (χ3n) is 5.03. The van der Waals surface area contributed by atoms with Gasteiger partial charge in [-0.3, -0.25) is 14.4 Å². The van der Waals surface area contributed by atoms with Crippen molar-refractivity contribution in [3.63, 3.8) is 0 Å². The molecule has 0 spiro atoms. The van der Waals surface area contributed by atoms with E-state index in [0.717, 1.165) is 23.1 Å². The van der Waals surface area contributed by atoms with Crippen molar-refractivity contribution in [2.75, 3.05) is 13.2 Å². The maximum absolute atomic E-state index is 12.1. The summed E-state index contributed by atoms with van der Waals surface area (Å²) in [6, 6.07) is 13.2. The lowest BCUT2D eigenvalue weighted by atomic mass is 10.00. The van der Waals surface area contributed by atoms with Crippen molar-refractivity contribution in [2.24, 2.45) is 5.92 Å². The highest BCUT2D eigenvalue weighted by molar-refractivity contribution is 5.96. The molecule has 166 valence electrons. The fourth-order valence-electron chi connectivity index (χ4n) is 3.11. The van der Waals surface area contributed by atoms with Crippen LogP contribution in [-0.2, 0) is 20.7 Å². The van der Waals surface area contributed by atoms with Gasteiger partial charge in [0.1, 0.15) is 6.54 Å². The first-order valence-electron chi connectivity index (χ1n) is 10.5. The summed E-state index contributed by atoms with van der Waals surface area (Å²) in [5.74, 6) is -0.840. The first kappa shape index (κ1) is 24.1. The van der Waals surface area contributed by atoms with Gasteiger partial charge < -0.3 is 15.4 Å². The van der Waals surface area contributed by atoms with E-state index >= 15 is 0 Å². The Bertz CT molecular complexity index is 920. The predicted octanol–water partition coefficient (Wildman–Crippen LogP) is 3.65. The van der Waals surface area contributed by atoms with Gasteiger partial charge in [0.2, 0.25) is 0 Å². The standard InChI is InChI=1S/C25H32N2O4/c1-16(2)12-20-7-10-21(11-8-20)19(5)27-23(28)15-31-24(29)14-26-25(30)22-9-6-17(3)18(4)13-22/h6-11,13,16,19H,12,14-15H2,1-5H3,(H,26,30)(H,27,28)/t19-/m0/s1. The van der Waals surface area contributed by atoms with Crippen LogP contribution in [-0.4, -0.2) is 30.9 Å². The number of ether oxygens (including phenoxy) is 1. The maximum atomic E-state index is 12.1. The van der Waals surface area contributed by atoms with Crippen LogP contribution in [0.2, 0.25) is 0 Å². The topological polar surface area (TPSA) is 84.5 Å². The molecule has 31 heavy (non-hydrogen) atoms. The first-order valence-corrected chi connectivity index (χ1v) is 10.5. The highest BCUT2D eigenvalue weighted by Gasteiger charge is 2.14. The lowest BCUT2D eigenvalue weighted by Gasteiger charge is -2.15. The Morgan fingerprint density at radius 1 is 0.935 bits per heavy atom. The molecule has 0 aliphatic heterocycles. The fraction of sp³-hybridized carbons (Fsp3) is 0.400. The van der Waals surface area contributed by atoms with E-state index in [4.69, 9.17) is 4.74 Å². The van der Waals surface area contributed by atoms with Crippen LogP contribution in [0.15, 0.2) is 42.5 Å². The van der Waals surface area contributed by atoms with E-state index in [0.29, 0.717) is 11.5 Å². The number of hydrogen-bond acceptors (Lipinski definition) is 4. The van der Waals surface area contributed by atoms with E-state index in [9.17, 15) is 14.4 Å². The van der Waals surface area contributed by atoms with E-state index in [2.05, 4.69) is 36.6 Å². The second kappa shape index (κ2) is 11.3. The second-order valence-corrected chi connectivity index (χ2v) is 8.27. The summed E-state index contributed by atoms with van der Waals surface area (Å²) >= 11 is 0. The summed E-state index contributed by atoms with van der Waals surface area (Å²) < 4.78 is 4.97. The number of carbonyl (C=O) groups is 3. The van der Waals surface area contributed by atoms with Gasteiger partial charge in [0.05, 0.1) is 6.04 Å². The van der Waals surface area contributed by atoms with Gasteiger partial charge in [-0.05, 0) is 67.5 Å². The highest BCUT2D eigenvalue weighted by atomic mass is 16.5. The van der Waals surface area contributed by atoms with Crippen LogP contribution < -0.4 is 10.6 Å². The summed E-state index contributed by atoms with van der Waals surface area (Å²) in [6.45, 7) is 9.41. The Morgan fingerprint density at radius 2 is 1.61 bits per heavy atom. The Labute approximate surface area is 184 Å². The molecule has 0 heterocycles. The molecular weight excluding hydrogens is 392 g/mol. The molecule has 2 aromatic carbocycles. The minimum atomic E-state index is -0.668. The van der Waals surface area contributed by atoms with Gasteiger partial charge in [-0.2, -0.15) is 0 Å². The number of carbonyl (C=O) groups excluding carboxylic acids is 3. The van der Waals surface area contributed by atoms with E-state index in [-0.39, 0.29) is 18.5 Å². The summed E-state index contributed by atoms with van der Waals surface area (Å²) in [5, 5.41) is 5.32. The van der Waals surface area contributed by atoms with Crippen LogP contribution in [0.25, 0.3) is 0 Å². The molecule has 2 aromatic rings. The minimum Gasteiger partial charge on any atom is -0.454 e. The van der Waals surface area contributed by atoms with Crippen molar-refractivity contribution in [1.82, 2.24) is 10.6 Å². The average molecular weight is 425 g/mol. The van der Waals surface area contributed by atoms with Gasteiger partial charge in [-0.1, -0.05) is 44.2 Å². The fourth-order valence-corrected chi connectivity index (χ4v) is 3.11. The molecule has 6 nitrogen and oxygen atoms in total. The van der Waals surface area contributed by atoms with E-state index in [1.165, 1.54) is 5.56 Å². The van der Waals surface area contributed by atoms with Crippen LogP contribution >= 0.6 is 0 Å². The summed E-state index contributed by atoms with van der Waals surface area (Å²) in [7, 11) is 0. The molecule has 0 aromatic heterocycles. The van der Waals surface area contributed by atoms with E-state index in [1.54, 1.807) is 12.1 Å². The van der Waals surface area contributed by atoms with Gasteiger partial charge >= 0.3 is 5.97 Å². The van der Waals surface area contributed by atoms with Crippen molar-refractivity contribution in [3.05, 3.63) is 70.3 Å². The van der Waals surface area contributed by atoms with Crippen LogP contribution in [0.1, 0.15) is 59.4 Å². The predicted molar refractivity (Wildman–Crippen MR) is 121 cm³/mol. The quantitative estimate of drug-likeness (QED) is 0.602. The zero-order valence-corrected chi connectivity index (χ0v) is 19.0. The van der Waals surface area contributed by atoms with Gasteiger partial charge in [0, 0.05) is 5.56 Å². The maximum Gasteiger partial charge on any atom is 0.325 e. The Morgan fingerprint density at radius 3 is 2.23 bits per heavy atom. The first-order chi connectivity index (χ1) is 14.7. The number of hydrogen-bond donors (Lipinski definition) is 2. The lowest BCUT2D eigenvalue weighted by Crippen LogP contribution is -2.34. The van der Waals surface area contributed by atoms with Crippen molar-refractivity contribution < 1.29 is 19.1 Å². The summed E-state index contributed by atoms with van der Waals surface area (Å²) in [5.41, 5.74) is 4.79. The number of benzene rings is 2. The molecule has 2 amide bonds. The number of aryl methyl sites for hydroxylation is 2. The van der Waals surface area contributed by atoms with Gasteiger partial charge in [-0.15, -0.1) is 0 Å². The summed E-state index contributed by atoms with van der Waals surface area (Å²) in [6.07, 6.45) is 1.01. The number of esters is 1. The molecule has 0 saturated carbocycles. The normalized spacial score (nSPS) is 11.7. The van der Waals surface area contributed by atoms with Crippen molar-refractivity contribution in [3.8, 4) is 0 Å². The third-order valence-corrected chi connectivity index (χ3v) is 5.03. The molecule has 2 rings (SSSR count). The molecule has 2 N–H and O–H groups in total. The molecule has 6 heteroatoms. The minimum absolute atomic E-state index is 0.205. The number of amides is 2. The molecule has 0 unspecified atom stereocenters. The number of nitrogens with one attached hydrogen (secondary N) is 2. The zero-order chi connectivity index (χ0) is 23.0. The summed E-state index contributed by atoms with van der Waals surface area (Å²) in [4.78, 5) is 36.1. The number of rotatable bonds is 9. The monoisotopic (exact) mass is 424 g/mol. The molecule has 0 bridgehead atoms. The highest BCUT2D eigenvalue weighted by Crippen LogP contribution is 2.15. The van der Waals surface area contributed by atoms with Gasteiger partial charge in [0.15, 0.2) is 6.61 Å². The molecule has 0 saturated heterocycles. The molecule has 0 fully saturated rings. The smallest absolute Gasteiger partial charge is 0.325 e. The Hall–Kier alpha value is -3.15. The molecule has 0 radical (unpaired) electrons. The Balaban J connectivity index is 1.74. The van der Waals surface area contributed by atoms with E-state index in [1.807, 2.05) is 39.0 Å². The average Bonchev–Trinajstić information content (AvgIpc) is 2.72. The SMILES string of the molecule is Cc1ccc(C(=O)NCC(=O)OCC(=O)N[C@@H](C)c2ccc(CC(C)C)cc2)cc1C. The van der Waals surface area contributed by atoms with Crippen molar-refractivity contribution in [1.29, 1.82) is 0 Å². The molecular formula is C25H32N2O4. The van der Waals surface area contributed by atoms with Crippen LogP contribution in [0.4, 0.5) is 0 Å². The van der Waals surface area contributed by atoms with Gasteiger partial charge in [-0.25, -0.2) is 0 Å². The lowest BCUT2D eigenvalue weighted by molar-refractivity contribution is -0.147. The van der Waals surface area contributed by atoms with Crippen LogP contribution in [0.5, 0.6) is 0 Å². The van der Waals surface area contributed by atoms with Crippen LogP contribution in [0.3, 0.4) is 0 Å². The second-order valence-electron chi connectivity index (χ2n) is 8.27. The molecule has 0 aliphatic carbocycles. The third kappa shape index (κ3) is 7.89. The molecule has 0 aliphatic rings. The van der Waals surface area contributed by atoms with Crippen molar-refractivity contribution >= 4 is 17.8 Å². The Kier molecular flexibility index (Phi) is 8.79. The van der Waals surface area contributed by atoms with Crippen molar-refractivity contribution in [2.45, 2.75) is 47.1 Å². The van der Waals surface area contributed by atoms with Crippen LogP contribution in [0, 0.1) is 19.8 Å². The van der Waals surface area contributed by atoms with Gasteiger partial charge in [0.25, 0.3) is 11.8 Å².